The molecule has 3 atom stereocenters. The van der Waals surface area contributed by atoms with Gasteiger partial charge in [-0.15, -0.1) is 0 Å². The zero-order chi connectivity index (χ0) is 12.3. The molecule has 0 aliphatic carbocycles. The fraction of sp³-hybridized carbons (Fsp3) is 1.00. The summed E-state index contributed by atoms with van der Waals surface area (Å²) < 4.78 is 37.6. The van der Waals surface area contributed by atoms with Crippen molar-refractivity contribution in [2.24, 2.45) is 23.5 Å². The molecule has 0 aromatic heterocycles. The average Bonchev–Trinajstić information content (AvgIpc) is 2.18. The molecular weight excluding hydrogens is 217 g/mol. The highest BCUT2D eigenvalue weighted by Crippen LogP contribution is 2.29. The van der Waals surface area contributed by atoms with Gasteiger partial charge in [-0.05, 0) is 24.8 Å². The van der Waals surface area contributed by atoms with Crippen molar-refractivity contribution >= 4 is 0 Å². The number of likely N-dealkylation sites (tertiary alicyclic amines) is 1. The van der Waals surface area contributed by atoms with Gasteiger partial charge in [0, 0.05) is 19.6 Å². The van der Waals surface area contributed by atoms with Gasteiger partial charge in [0.15, 0.2) is 0 Å². The number of nitrogens with zero attached hydrogens (tertiary/aromatic N) is 1. The minimum Gasteiger partial charge on any atom is -0.330 e. The second kappa shape index (κ2) is 5.36. The van der Waals surface area contributed by atoms with E-state index in [1.165, 1.54) is 0 Å². The topological polar surface area (TPSA) is 29.3 Å². The van der Waals surface area contributed by atoms with Crippen molar-refractivity contribution in [3.8, 4) is 0 Å². The highest BCUT2D eigenvalue weighted by molar-refractivity contribution is 4.79. The zero-order valence-electron chi connectivity index (χ0n) is 9.93. The summed E-state index contributed by atoms with van der Waals surface area (Å²) in [5.74, 6) is -0.299. The molecule has 1 heterocycles. The normalized spacial score (nSPS) is 30.4. The molecule has 0 aromatic rings. The van der Waals surface area contributed by atoms with E-state index in [2.05, 4.69) is 13.8 Å². The van der Waals surface area contributed by atoms with Crippen LogP contribution in [0.3, 0.4) is 0 Å². The molecule has 96 valence electrons. The Hall–Kier alpha value is -0.290. The molecule has 2 nitrogen and oxygen atoms in total. The summed E-state index contributed by atoms with van der Waals surface area (Å²) in [6, 6.07) is 0. The molecular formula is C11H21F3N2. The summed E-state index contributed by atoms with van der Waals surface area (Å²) in [5, 5.41) is 0. The van der Waals surface area contributed by atoms with Gasteiger partial charge in [0.2, 0.25) is 0 Å². The van der Waals surface area contributed by atoms with Crippen LogP contribution < -0.4 is 5.73 Å². The molecule has 0 aromatic carbocycles. The molecule has 3 unspecified atom stereocenters. The molecule has 1 aliphatic heterocycles. The summed E-state index contributed by atoms with van der Waals surface area (Å²) in [4.78, 5) is 1.90. The first-order valence-corrected chi connectivity index (χ1v) is 5.83. The Morgan fingerprint density at radius 1 is 1.31 bits per heavy atom. The maximum Gasteiger partial charge on any atom is 0.394 e. The third-order valence-corrected chi connectivity index (χ3v) is 3.64. The molecule has 1 rings (SSSR count). The van der Waals surface area contributed by atoms with Crippen molar-refractivity contribution < 1.29 is 13.2 Å². The van der Waals surface area contributed by atoms with Crippen molar-refractivity contribution in [3.05, 3.63) is 0 Å². The molecule has 5 heteroatoms. The van der Waals surface area contributed by atoms with Crippen molar-refractivity contribution in [3.63, 3.8) is 0 Å². The summed E-state index contributed by atoms with van der Waals surface area (Å²) in [6.45, 7) is 5.51. The van der Waals surface area contributed by atoms with Crippen LogP contribution in [0.5, 0.6) is 0 Å². The second-order valence-electron chi connectivity index (χ2n) is 4.98. The lowest BCUT2D eigenvalue weighted by atomic mass is 9.88. The molecule has 0 saturated carbocycles. The van der Waals surface area contributed by atoms with Gasteiger partial charge < -0.3 is 10.6 Å². The van der Waals surface area contributed by atoms with E-state index in [9.17, 15) is 13.2 Å². The quantitative estimate of drug-likeness (QED) is 0.816. The Bertz CT molecular complexity index is 218. The first kappa shape index (κ1) is 13.8. The summed E-state index contributed by atoms with van der Waals surface area (Å²) >= 11 is 0. The molecule has 0 bridgehead atoms. The van der Waals surface area contributed by atoms with E-state index in [0.29, 0.717) is 11.8 Å². The van der Waals surface area contributed by atoms with Gasteiger partial charge in [-0.25, -0.2) is 0 Å². The van der Waals surface area contributed by atoms with E-state index in [0.717, 1.165) is 19.5 Å². The third kappa shape index (κ3) is 3.63. The van der Waals surface area contributed by atoms with Crippen molar-refractivity contribution in [1.29, 1.82) is 0 Å². The van der Waals surface area contributed by atoms with Crippen LogP contribution in [-0.4, -0.2) is 37.3 Å². The Morgan fingerprint density at radius 2 is 1.94 bits per heavy atom. The van der Waals surface area contributed by atoms with E-state index >= 15 is 0 Å². The predicted octanol–water partition coefficient (Wildman–Crippen LogP) is 2.10. The van der Waals surface area contributed by atoms with Crippen molar-refractivity contribution in [2.45, 2.75) is 26.4 Å². The number of rotatable bonds is 3. The number of piperidine rings is 1. The van der Waals surface area contributed by atoms with Crippen LogP contribution in [0, 0.1) is 17.8 Å². The first-order valence-electron chi connectivity index (χ1n) is 5.83. The smallest absolute Gasteiger partial charge is 0.330 e. The Labute approximate surface area is 95.0 Å². The molecule has 0 amide bonds. The van der Waals surface area contributed by atoms with Crippen LogP contribution in [-0.2, 0) is 0 Å². The fourth-order valence-corrected chi connectivity index (χ4v) is 2.14. The van der Waals surface area contributed by atoms with E-state index in [1.807, 2.05) is 4.90 Å². The lowest BCUT2D eigenvalue weighted by Crippen LogP contribution is -2.46. The van der Waals surface area contributed by atoms with Crippen LogP contribution in [0.4, 0.5) is 13.2 Å². The third-order valence-electron chi connectivity index (χ3n) is 3.64. The summed E-state index contributed by atoms with van der Waals surface area (Å²) in [7, 11) is 0. The van der Waals surface area contributed by atoms with E-state index in [1.54, 1.807) is 0 Å². The SMILES string of the molecule is CC1CCN(CC(CN)C(F)(F)F)CC1C. The molecule has 1 saturated heterocycles. The molecule has 0 spiro atoms. The summed E-state index contributed by atoms with van der Waals surface area (Å²) in [6.07, 6.45) is -3.18. The Kier molecular flexibility index (Phi) is 4.62. The molecule has 2 N–H and O–H groups in total. The van der Waals surface area contributed by atoms with Crippen LogP contribution in [0.15, 0.2) is 0 Å². The van der Waals surface area contributed by atoms with Gasteiger partial charge in [0.25, 0.3) is 0 Å². The van der Waals surface area contributed by atoms with Crippen molar-refractivity contribution in [1.82, 2.24) is 4.90 Å². The maximum absolute atomic E-state index is 12.5. The molecule has 0 radical (unpaired) electrons. The van der Waals surface area contributed by atoms with E-state index in [4.69, 9.17) is 5.73 Å². The fourth-order valence-electron chi connectivity index (χ4n) is 2.14. The zero-order valence-corrected chi connectivity index (χ0v) is 9.93. The predicted molar refractivity (Wildman–Crippen MR) is 58.0 cm³/mol. The number of nitrogens with two attached hydrogens (primary N) is 1. The van der Waals surface area contributed by atoms with Gasteiger partial charge in [-0.2, -0.15) is 13.2 Å². The number of alkyl halides is 3. The van der Waals surface area contributed by atoms with Crippen LogP contribution in [0.1, 0.15) is 20.3 Å². The second-order valence-corrected chi connectivity index (χ2v) is 4.98. The monoisotopic (exact) mass is 238 g/mol. The van der Waals surface area contributed by atoms with Crippen LogP contribution >= 0.6 is 0 Å². The van der Waals surface area contributed by atoms with Gasteiger partial charge in [-0.3, -0.25) is 0 Å². The summed E-state index contributed by atoms with van der Waals surface area (Å²) in [5.41, 5.74) is 5.19. The van der Waals surface area contributed by atoms with Gasteiger partial charge in [0.1, 0.15) is 0 Å². The van der Waals surface area contributed by atoms with Gasteiger partial charge >= 0.3 is 6.18 Å². The number of hydrogen-bond acceptors (Lipinski definition) is 2. The Balaban J connectivity index is 2.47. The lowest BCUT2D eigenvalue weighted by molar-refractivity contribution is -0.177. The largest absolute Gasteiger partial charge is 0.394 e. The van der Waals surface area contributed by atoms with E-state index in [-0.39, 0.29) is 13.1 Å². The minimum atomic E-state index is -4.17. The lowest BCUT2D eigenvalue weighted by Gasteiger charge is -2.37. The first-order chi connectivity index (χ1) is 7.34. The Morgan fingerprint density at radius 3 is 2.38 bits per heavy atom. The van der Waals surface area contributed by atoms with Gasteiger partial charge in [-0.1, -0.05) is 13.8 Å². The standard InChI is InChI=1S/C11H21F3N2/c1-8-3-4-16(6-9(8)2)7-10(5-15)11(12,13)14/h8-10H,3-7,15H2,1-2H3. The highest BCUT2D eigenvalue weighted by atomic mass is 19.4. The van der Waals surface area contributed by atoms with Crippen LogP contribution in [0.25, 0.3) is 0 Å². The molecule has 1 aliphatic rings. The van der Waals surface area contributed by atoms with Crippen molar-refractivity contribution in [2.75, 3.05) is 26.2 Å². The molecule has 16 heavy (non-hydrogen) atoms. The maximum atomic E-state index is 12.5. The highest BCUT2D eigenvalue weighted by Gasteiger charge is 2.40. The van der Waals surface area contributed by atoms with Gasteiger partial charge in [0.05, 0.1) is 5.92 Å². The molecule has 1 fully saturated rings. The number of hydrogen-bond donors (Lipinski definition) is 1. The average molecular weight is 238 g/mol. The number of halogens is 3. The minimum absolute atomic E-state index is 0.0526. The van der Waals surface area contributed by atoms with E-state index < -0.39 is 12.1 Å². The van der Waals surface area contributed by atoms with Crippen LogP contribution in [0.2, 0.25) is 0 Å².